The predicted molar refractivity (Wildman–Crippen MR) is 89.2 cm³/mol. The molecule has 1 saturated heterocycles. The second kappa shape index (κ2) is 6.75. The highest BCUT2D eigenvalue weighted by atomic mass is 19.4. The second-order valence-electron chi connectivity index (χ2n) is 6.59. The van der Waals surface area contributed by atoms with Gasteiger partial charge in [-0.25, -0.2) is 0 Å². The number of nitrogens with zero attached hydrogens (tertiary/aromatic N) is 1. The highest BCUT2D eigenvalue weighted by Crippen LogP contribution is 2.39. The average Bonchev–Trinajstić information content (AvgIpc) is 2.61. The summed E-state index contributed by atoms with van der Waals surface area (Å²) in [4.78, 5) is 1.70. The molecule has 6 heteroatoms. The van der Waals surface area contributed by atoms with Crippen LogP contribution in [0.3, 0.4) is 0 Å². The largest absolute Gasteiger partial charge is 0.497 e. The zero-order valence-corrected chi connectivity index (χ0v) is 14.1. The van der Waals surface area contributed by atoms with E-state index in [-0.39, 0.29) is 12.2 Å². The SMILES string of the molecule is COc1cccc(C2(O)CCCN(C3=C(C(F)(F)F)C=CCC3)C2)c1. The van der Waals surface area contributed by atoms with Gasteiger partial charge in [0.15, 0.2) is 0 Å². The molecule has 1 aliphatic carbocycles. The Hall–Kier alpha value is -1.95. The van der Waals surface area contributed by atoms with E-state index in [0.29, 0.717) is 43.5 Å². The highest BCUT2D eigenvalue weighted by Gasteiger charge is 2.41. The van der Waals surface area contributed by atoms with Crippen LogP contribution in [0.2, 0.25) is 0 Å². The minimum atomic E-state index is -4.38. The third-order valence-electron chi connectivity index (χ3n) is 4.91. The monoisotopic (exact) mass is 353 g/mol. The molecule has 0 bridgehead atoms. The first kappa shape index (κ1) is 17.9. The zero-order chi connectivity index (χ0) is 18.1. The van der Waals surface area contributed by atoms with Crippen LogP contribution in [-0.2, 0) is 5.60 Å². The van der Waals surface area contributed by atoms with E-state index in [1.54, 1.807) is 42.4 Å². The number of benzene rings is 1. The van der Waals surface area contributed by atoms with Crippen molar-refractivity contribution in [2.75, 3.05) is 20.2 Å². The van der Waals surface area contributed by atoms with Crippen molar-refractivity contribution in [3.63, 3.8) is 0 Å². The summed E-state index contributed by atoms with van der Waals surface area (Å²) in [5.41, 5.74) is -0.806. The standard InChI is InChI=1S/C19H22F3NO2/c1-25-15-7-4-6-14(12-15)18(24)10-5-11-23(13-18)17-9-3-2-8-16(17)19(20,21)22/h2,4,6-8,12,24H,3,5,9-11,13H2,1H3. The van der Waals surface area contributed by atoms with E-state index in [1.165, 1.54) is 0 Å². The molecular weight excluding hydrogens is 331 g/mol. The Bertz CT molecular complexity index is 696. The zero-order valence-electron chi connectivity index (χ0n) is 14.1. The van der Waals surface area contributed by atoms with Gasteiger partial charge in [-0.05, 0) is 43.4 Å². The average molecular weight is 353 g/mol. The first-order valence-electron chi connectivity index (χ1n) is 8.42. The van der Waals surface area contributed by atoms with Gasteiger partial charge >= 0.3 is 6.18 Å². The van der Waals surface area contributed by atoms with Gasteiger partial charge in [-0.3, -0.25) is 0 Å². The molecule has 25 heavy (non-hydrogen) atoms. The molecule has 1 atom stereocenters. The number of rotatable bonds is 3. The van der Waals surface area contributed by atoms with Crippen molar-refractivity contribution in [3.05, 3.63) is 53.3 Å². The molecule has 0 saturated carbocycles. The maximum atomic E-state index is 13.3. The van der Waals surface area contributed by atoms with Crippen LogP contribution in [0.25, 0.3) is 0 Å². The third-order valence-corrected chi connectivity index (χ3v) is 4.91. The van der Waals surface area contributed by atoms with Gasteiger partial charge in [-0.1, -0.05) is 24.3 Å². The van der Waals surface area contributed by atoms with Crippen LogP contribution in [-0.4, -0.2) is 36.4 Å². The molecule has 3 nitrogen and oxygen atoms in total. The van der Waals surface area contributed by atoms with E-state index >= 15 is 0 Å². The van der Waals surface area contributed by atoms with Crippen LogP contribution in [0.1, 0.15) is 31.2 Å². The van der Waals surface area contributed by atoms with E-state index in [1.807, 2.05) is 0 Å². The fourth-order valence-electron chi connectivity index (χ4n) is 3.65. The number of aliphatic hydroxyl groups is 1. The lowest BCUT2D eigenvalue weighted by atomic mass is 9.84. The van der Waals surface area contributed by atoms with Gasteiger partial charge in [0, 0.05) is 12.2 Å². The van der Waals surface area contributed by atoms with Gasteiger partial charge in [-0.15, -0.1) is 0 Å². The molecule has 1 N–H and O–H groups in total. The minimum Gasteiger partial charge on any atom is -0.497 e. The smallest absolute Gasteiger partial charge is 0.418 e. The number of hydrogen-bond acceptors (Lipinski definition) is 3. The van der Waals surface area contributed by atoms with Crippen LogP contribution in [0, 0.1) is 0 Å². The summed E-state index contributed by atoms with van der Waals surface area (Å²) in [5.74, 6) is 0.624. The molecule has 1 unspecified atom stereocenters. The molecule has 1 aliphatic heterocycles. The lowest BCUT2D eigenvalue weighted by Crippen LogP contribution is -2.46. The highest BCUT2D eigenvalue weighted by molar-refractivity contribution is 5.36. The van der Waals surface area contributed by atoms with E-state index in [4.69, 9.17) is 4.74 Å². The first-order chi connectivity index (χ1) is 11.8. The Morgan fingerprint density at radius 1 is 1.28 bits per heavy atom. The van der Waals surface area contributed by atoms with Crippen LogP contribution in [0.15, 0.2) is 47.7 Å². The van der Waals surface area contributed by atoms with Crippen LogP contribution in [0.5, 0.6) is 5.75 Å². The van der Waals surface area contributed by atoms with Gasteiger partial charge in [0.2, 0.25) is 0 Å². The molecular formula is C19H22F3NO2. The van der Waals surface area contributed by atoms with E-state index in [2.05, 4.69) is 0 Å². The number of allylic oxidation sites excluding steroid dienone is 4. The number of likely N-dealkylation sites (tertiary alicyclic amines) is 1. The maximum Gasteiger partial charge on any atom is 0.418 e. The Labute approximate surface area is 145 Å². The van der Waals surface area contributed by atoms with Crippen molar-refractivity contribution in [1.82, 2.24) is 4.90 Å². The quantitative estimate of drug-likeness (QED) is 0.886. The molecule has 1 heterocycles. The number of β-amino-alcohol motifs (C(OH)–C–C–N with tert-alkyl or cyclic N) is 1. The molecule has 3 rings (SSSR count). The van der Waals surface area contributed by atoms with Gasteiger partial charge in [-0.2, -0.15) is 13.2 Å². The van der Waals surface area contributed by atoms with Crippen molar-refractivity contribution in [1.29, 1.82) is 0 Å². The van der Waals surface area contributed by atoms with Gasteiger partial charge in [0.25, 0.3) is 0 Å². The Balaban J connectivity index is 1.92. The molecule has 136 valence electrons. The maximum absolute atomic E-state index is 13.3. The fourth-order valence-corrected chi connectivity index (χ4v) is 3.65. The number of hydrogen-bond donors (Lipinski definition) is 1. The van der Waals surface area contributed by atoms with Crippen molar-refractivity contribution < 1.29 is 23.0 Å². The van der Waals surface area contributed by atoms with Gasteiger partial charge in [0.05, 0.1) is 19.2 Å². The molecule has 1 fully saturated rings. The number of methoxy groups -OCH3 is 1. The van der Waals surface area contributed by atoms with E-state index < -0.39 is 17.4 Å². The molecule has 0 aromatic heterocycles. The summed E-state index contributed by atoms with van der Waals surface area (Å²) in [5, 5.41) is 11.1. The van der Waals surface area contributed by atoms with Crippen molar-refractivity contribution in [3.8, 4) is 5.75 Å². The molecule has 0 radical (unpaired) electrons. The normalized spacial score (nSPS) is 24.6. The molecule has 2 aliphatic rings. The number of alkyl halides is 3. The van der Waals surface area contributed by atoms with Crippen LogP contribution < -0.4 is 4.74 Å². The third kappa shape index (κ3) is 3.68. The summed E-state index contributed by atoms with van der Waals surface area (Å²) in [6.07, 6.45) is 0.427. The van der Waals surface area contributed by atoms with Crippen molar-refractivity contribution in [2.24, 2.45) is 0 Å². The summed E-state index contributed by atoms with van der Waals surface area (Å²) in [7, 11) is 1.55. The molecule has 1 aromatic carbocycles. The van der Waals surface area contributed by atoms with Gasteiger partial charge in [0.1, 0.15) is 11.4 Å². The van der Waals surface area contributed by atoms with Gasteiger partial charge < -0.3 is 14.7 Å². The second-order valence-corrected chi connectivity index (χ2v) is 6.59. The fraction of sp³-hybridized carbons (Fsp3) is 0.474. The van der Waals surface area contributed by atoms with Crippen LogP contribution >= 0.6 is 0 Å². The lowest BCUT2D eigenvalue weighted by Gasteiger charge is -2.43. The minimum absolute atomic E-state index is 0.156. The Kier molecular flexibility index (Phi) is 4.82. The summed E-state index contributed by atoms with van der Waals surface area (Å²) >= 11 is 0. The molecule has 1 aromatic rings. The Morgan fingerprint density at radius 3 is 2.80 bits per heavy atom. The van der Waals surface area contributed by atoms with E-state index in [9.17, 15) is 18.3 Å². The summed E-state index contributed by atoms with van der Waals surface area (Å²) < 4.78 is 45.2. The number of ether oxygens (including phenoxy) is 1. The van der Waals surface area contributed by atoms with Crippen molar-refractivity contribution >= 4 is 0 Å². The van der Waals surface area contributed by atoms with Crippen LogP contribution in [0.4, 0.5) is 13.2 Å². The predicted octanol–water partition coefficient (Wildman–Crippen LogP) is 4.15. The summed E-state index contributed by atoms with van der Waals surface area (Å²) in [6.45, 7) is 0.679. The Morgan fingerprint density at radius 2 is 2.08 bits per heavy atom. The number of piperidine rings is 1. The first-order valence-corrected chi connectivity index (χ1v) is 8.42. The lowest BCUT2D eigenvalue weighted by molar-refractivity contribution is -0.0925. The van der Waals surface area contributed by atoms with Crippen molar-refractivity contribution in [2.45, 2.75) is 37.5 Å². The van der Waals surface area contributed by atoms with E-state index in [0.717, 1.165) is 6.08 Å². The topological polar surface area (TPSA) is 32.7 Å². The number of halogens is 3. The summed E-state index contributed by atoms with van der Waals surface area (Å²) in [6, 6.07) is 7.12. The molecule has 0 spiro atoms. The molecule has 0 amide bonds.